The number of thioether (sulfide) groups is 1. The fourth-order valence-electron chi connectivity index (χ4n) is 2.76. The second kappa shape index (κ2) is 5.74. The zero-order chi connectivity index (χ0) is 15.8. The van der Waals surface area contributed by atoms with Crippen molar-refractivity contribution in [2.24, 2.45) is 0 Å². The van der Waals surface area contributed by atoms with E-state index in [2.05, 4.69) is 34.4 Å². The van der Waals surface area contributed by atoms with Gasteiger partial charge in [0, 0.05) is 10.5 Å². The van der Waals surface area contributed by atoms with Gasteiger partial charge in [-0.1, -0.05) is 35.5 Å². The van der Waals surface area contributed by atoms with Crippen LogP contribution in [0.15, 0.2) is 51.9 Å². The molecule has 0 saturated heterocycles. The normalized spacial score (nSPS) is 16.3. The summed E-state index contributed by atoms with van der Waals surface area (Å²) in [6.07, 6.45) is 0.930. The molecule has 1 unspecified atom stereocenters. The molecule has 5 heteroatoms. The third-order valence-corrected chi connectivity index (χ3v) is 5.34. The van der Waals surface area contributed by atoms with Crippen LogP contribution in [0, 0.1) is 6.92 Å². The highest BCUT2D eigenvalue weighted by atomic mass is 32.2. The summed E-state index contributed by atoms with van der Waals surface area (Å²) in [5.41, 5.74) is 3.34. The Labute approximate surface area is 138 Å². The van der Waals surface area contributed by atoms with Gasteiger partial charge in [-0.2, -0.15) is 4.98 Å². The Kier molecular flexibility index (Phi) is 3.58. The number of rotatable bonds is 3. The lowest BCUT2D eigenvalue weighted by atomic mass is 10.1. The molecular formula is C18H16N2O2S. The Morgan fingerprint density at radius 3 is 2.91 bits per heavy atom. The third-order valence-electron chi connectivity index (χ3n) is 4.03. The second-order valence-electron chi connectivity index (χ2n) is 5.56. The standard InChI is InChI=1S/C18H16N2O2S/c1-11-7-8-13(9-14(11)21-2)17-19-18(22-20-17)16-10-12-5-3-4-6-15(12)23-16/h3-9,16H,10H2,1-2H3. The van der Waals surface area contributed by atoms with Crippen LogP contribution in [0.5, 0.6) is 5.75 Å². The number of ether oxygens (including phenoxy) is 1. The molecule has 4 nitrogen and oxygen atoms in total. The molecule has 0 spiro atoms. The number of hydrogen-bond donors (Lipinski definition) is 0. The van der Waals surface area contributed by atoms with Crippen LogP contribution in [0.2, 0.25) is 0 Å². The van der Waals surface area contributed by atoms with Crippen molar-refractivity contribution < 1.29 is 9.26 Å². The average molecular weight is 324 g/mol. The smallest absolute Gasteiger partial charge is 0.240 e. The summed E-state index contributed by atoms with van der Waals surface area (Å²) in [5, 5.41) is 4.34. The number of nitrogens with zero attached hydrogens (tertiary/aromatic N) is 2. The zero-order valence-corrected chi connectivity index (χ0v) is 13.8. The Balaban J connectivity index is 1.61. The number of benzene rings is 2. The van der Waals surface area contributed by atoms with Gasteiger partial charge in [0.2, 0.25) is 11.7 Å². The predicted molar refractivity (Wildman–Crippen MR) is 89.8 cm³/mol. The molecule has 1 aromatic heterocycles. The number of methoxy groups -OCH3 is 1. The molecule has 0 fully saturated rings. The molecule has 0 bridgehead atoms. The van der Waals surface area contributed by atoms with Crippen LogP contribution in [0.3, 0.4) is 0 Å². The maximum atomic E-state index is 5.52. The molecule has 2 heterocycles. The number of aryl methyl sites for hydroxylation is 1. The van der Waals surface area contributed by atoms with E-state index in [1.807, 2.05) is 25.1 Å². The molecule has 0 aliphatic carbocycles. The molecule has 2 aromatic carbocycles. The molecule has 116 valence electrons. The van der Waals surface area contributed by atoms with Gasteiger partial charge in [0.15, 0.2) is 0 Å². The van der Waals surface area contributed by atoms with Gasteiger partial charge in [-0.25, -0.2) is 0 Å². The van der Waals surface area contributed by atoms with Gasteiger partial charge < -0.3 is 9.26 Å². The summed E-state index contributed by atoms with van der Waals surface area (Å²) < 4.78 is 10.9. The average Bonchev–Trinajstić information content (AvgIpc) is 3.21. The number of fused-ring (bicyclic) bond motifs is 1. The van der Waals surface area contributed by atoms with Gasteiger partial charge in [0.1, 0.15) is 5.75 Å². The van der Waals surface area contributed by atoms with Crippen molar-refractivity contribution in [3.8, 4) is 17.1 Å². The van der Waals surface area contributed by atoms with Gasteiger partial charge in [0.25, 0.3) is 0 Å². The first kappa shape index (κ1) is 14.3. The third kappa shape index (κ3) is 2.61. The van der Waals surface area contributed by atoms with E-state index in [0.29, 0.717) is 11.7 Å². The second-order valence-corrected chi connectivity index (χ2v) is 6.80. The van der Waals surface area contributed by atoms with Gasteiger partial charge in [-0.15, -0.1) is 11.8 Å². The van der Waals surface area contributed by atoms with Gasteiger partial charge in [0.05, 0.1) is 12.4 Å². The summed E-state index contributed by atoms with van der Waals surface area (Å²) in [7, 11) is 1.67. The van der Waals surface area contributed by atoms with Crippen molar-refractivity contribution in [1.82, 2.24) is 10.1 Å². The fraction of sp³-hybridized carbons (Fsp3) is 0.222. The van der Waals surface area contributed by atoms with Crippen LogP contribution in [0.4, 0.5) is 0 Å². The Hall–Kier alpha value is -2.27. The largest absolute Gasteiger partial charge is 0.496 e. The van der Waals surface area contributed by atoms with Crippen LogP contribution in [0.25, 0.3) is 11.4 Å². The lowest BCUT2D eigenvalue weighted by Crippen LogP contribution is -1.93. The van der Waals surface area contributed by atoms with E-state index in [0.717, 1.165) is 23.3 Å². The molecule has 3 aromatic rings. The van der Waals surface area contributed by atoms with Crippen LogP contribution in [-0.4, -0.2) is 17.3 Å². The minimum absolute atomic E-state index is 0.195. The molecule has 0 radical (unpaired) electrons. The Bertz CT molecular complexity index is 835. The molecule has 4 rings (SSSR count). The summed E-state index contributed by atoms with van der Waals surface area (Å²) >= 11 is 1.79. The van der Waals surface area contributed by atoms with Crippen LogP contribution < -0.4 is 4.74 Å². The summed E-state index contributed by atoms with van der Waals surface area (Å²) in [5.74, 6) is 2.12. The topological polar surface area (TPSA) is 48.2 Å². The highest BCUT2D eigenvalue weighted by molar-refractivity contribution is 7.99. The van der Waals surface area contributed by atoms with Gasteiger partial charge in [-0.3, -0.25) is 0 Å². The van der Waals surface area contributed by atoms with Crippen molar-refractivity contribution in [2.45, 2.75) is 23.5 Å². The van der Waals surface area contributed by atoms with E-state index in [9.17, 15) is 0 Å². The first-order valence-corrected chi connectivity index (χ1v) is 8.36. The Morgan fingerprint density at radius 1 is 1.22 bits per heavy atom. The summed E-state index contributed by atoms with van der Waals surface area (Å²) in [4.78, 5) is 5.90. The minimum atomic E-state index is 0.195. The van der Waals surface area contributed by atoms with E-state index in [4.69, 9.17) is 9.26 Å². The van der Waals surface area contributed by atoms with Crippen molar-refractivity contribution in [3.05, 3.63) is 59.5 Å². The van der Waals surface area contributed by atoms with Gasteiger partial charge in [-0.05, 0) is 36.6 Å². The minimum Gasteiger partial charge on any atom is -0.496 e. The van der Waals surface area contributed by atoms with Crippen LogP contribution in [0.1, 0.15) is 22.3 Å². The molecule has 1 aliphatic heterocycles. The Morgan fingerprint density at radius 2 is 2.09 bits per heavy atom. The number of hydrogen-bond acceptors (Lipinski definition) is 5. The fourth-order valence-corrected chi connectivity index (χ4v) is 3.99. The van der Waals surface area contributed by atoms with Crippen molar-refractivity contribution in [2.75, 3.05) is 7.11 Å². The van der Waals surface area contributed by atoms with Crippen molar-refractivity contribution in [1.29, 1.82) is 0 Å². The first-order chi connectivity index (χ1) is 11.2. The van der Waals surface area contributed by atoms with E-state index in [-0.39, 0.29) is 5.25 Å². The summed E-state index contributed by atoms with van der Waals surface area (Å²) in [6.45, 7) is 2.01. The molecule has 1 aliphatic rings. The quantitative estimate of drug-likeness (QED) is 0.712. The predicted octanol–water partition coefficient (Wildman–Crippen LogP) is 4.44. The van der Waals surface area contributed by atoms with Crippen molar-refractivity contribution >= 4 is 11.8 Å². The molecule has 0 saturated carbocycles. The lowest BCUT2D eigenvalue weighted by Gasteiger charge is -2.05. The molecular weight excluding hydrogens is 308 g/mol. The molecule has 0 amide bonds. The molecule has 0 N–H and O–H groups in total. The van der Waals surface area contributed by atoms with Crippen molar-refractivity contribution in [3.63, 3.8) is 0 Å². The first-order valence-electron chi connectivity index (χ1n) is 7.48. The van der Waals surface area contributed by atoms with Crippen LogP contribution >= 0.6 is 11.8 Å². The highest BCUT2D eigenvalue weighted by Gasteiger charge is 2.28. The maximum absolute atomic E-state index is 5.52. The summed E-state index contributed by atoms with van der Waals surface area (Å²) in [6, 6.07) is 14.4. The zero-order valence-electron chi connectivity index (χ0n) is 12.9. The SMILES string of the molecule is COc1cc(-c2noc(C3Cc4ccccc4S3)n2)ccc1C. The lowest BCUT2D eigenvalue weighted by molar-refractivity contribution is 0.377. The maximum Gasteiger partial charge on any atom is 0.240 e. The van der Waals surface area contributed by atoms with E-state index >= 15 is 0 Å². The van der Waals surface area contributed by atoms with Crippen LogP contribution in [-0.2, 0) is 6.42 Å². The van der Waals surface area contributed by atoms with E-state index in [1.165, 1.54) is 10.5 Å². The monoisotopic (exact) mass is 324 g/mol. The molecule has 1 atom stereocenters. The number of aromatic nitrogens is 2. The van der Waals surface area contributed by atoms with Gasteiger partial charge >= 0.3 is 0 Å². The van der Waals surface area contributed by atoms with E-state index in [1.54, 1.807) is 18.9 Å². The van der Waals surface area contributed by atoms with E-state index < -0.39 is 0 Å². The highest BCUT2D eigenvalue weighted by Crippen LogP contribution is 2.45. The molecule has 23 heavy (non-hydrogen) atoms.